The average molecular weight is 389 g/mol. The normalized spacial score (nSPS) is 14.8. The number of piperazine rings is 1. The second-order valence-electron chi connectivity index (χ2n) is 6.47. The molecule has 2 aromatic carbocycles. The van der Waals surface area contributed by atoms with Crippen molar-refractivity contribution >= 4 is 34.6 Å². The molecule has 3 rings (SSSR count). The first kappa shape index (κ1) is 19.1. The van der Waals surface area contributed by atoms with Crippen LogP contribution in [-0.2, 0) is 4.79 Å². The molecule has 7 nitrogen and oxygen atoms in total. The van der Waals surface area contributed by atoms with Crippen LogP contribution in [-0.4, -0.2) is 48.5 Å². The SMILES string of the molecule is Cc1c(Cl)cccc1NC(=O)CN1CCN(c2ccccc2[N+](=O)[O-])CC1. The van der Waals surface area contributed by atoms with Gasteiger partial charge >= 0.3 is 0 Å². The molecule has 0 radical (unpaired) electrons. The summed E-state index contributed by atoms with van der Waals surface area (Å²) in [5.74, 6) is -0.0977. The Morgan fingerprint density at radius 3 is 2.56 bits per heavy atom. The summed E-state index contributed by atoms with van der Waals surface area (Å²) >= 11 is 6.08. The van der Waals surface area contributed by atoms with Crippen molar-refractivity contribution in [1.82, 2.24) is 4.90 Å². The van der Waals surface area contributed by atoms with Crippen LogP contribution in [0, 0.1) is 17.0 Å². The number of hydrogen-bond donors (Lipinski definition) is 1. The van der Waals surface area contributed by atoms with E-state index < -0.39 is 0 Å². The van der Waals surface area contributed by atoms with Crippen LogP contribution in [0.15, 0.2) is 42.5 Å². The number of carbonyl (C=O) groups is 1. The quantitative estimate of drug-likeness (QED) is 0.628. The lowest BCUT2D eigenvalue weighted by atomic mass is 10.2. The number of halogens is 1. The summed E-state index contributed by atoms with van der Waals surface area (Å²) in [6.07, 6.45) is 0. The van der Waals surface area contributed by atoms with Crippen LogP contribution >= 0.6 is 11.6 Å². The number of nitrogens with one attached hydrogen (secondary N) is 1. The van der Waals surface area contributed by atoms with E-state index in [2.05, 4.69) is 5.32 Å². The van der Waals surface area contributed by atoms with E-state index in [1.807, 2.05) is 22.8 Å². The van der Waals surface area contributed by atoms with E-state index in [1.54, 1.807) is 30.3 Å². The molecule has 1 aliphatic heterocycles. The lowest BCUT2D eigenvalue weighted by molar-refractivity contribution is -0.384. The van der Waals surface area contributed by atoms with Crippen LogP contribution in [0.2, 0.25) is 5.02 Å². The van der Waals surface area contributed by atoms with E-state index in [1.165, 1.54) is 6.07 Å². The molecule has 1 amide bonds. The zero-order valence-corrected chi connectivity index (χ0v) is 15.8. The fourth-order valence-corrected chi connectivity index (χ4v) is 3.34. The first-order valence-electron chi connectivity index (χ1n) is 8.71. The minimum absolute atomic E-state index is 0.0977. The Morgan fingerprint density at radius 2 is 1.85 bits per heavy atom. The van der Waals surface area contributed by atoms with E-state index in [9.17, 15) is 14.9 Å². The third kappa shape index (κ3) is 4.56. The summed E-state index contributed by atoms with van der Waals surface area (Å²) in [5.41, 5.74) is 2.29. The zero-order chi connectivity index (χ0) is 19.4. The molecule has 2 aromatic rings. The second kappa shape index (κ2) is 8.37. The van der Waals surface area contributed by atoms with Crippen LogP contribution in [0.3, 0.4) is 0 Å². The maximum absolute atomic E-state index is 12.3. The molecule has 1 heterocycles. The number of amides is 1. The Morgan fingerprint density at radius 1 is 1.15 bits per heavy atom. The molecule has 0 spiro atoms. The summed E-state index contributed by atoms with van der Waals surface area (Å²) in [6, 6.07) is 12.2. The number of anilines is 2. The number of benzene rings is 2. The molecule has 1 saturated heterocycles. The van der Waals surface area contributed by atoms with Crippen molar-refractivity contribution in [3.63, 3.8) is 0 Å². The standard InChI is InChI=1S/C19H21ClN4O3/c1-14-15(20)5-4-6-16(14)21-19(25)13-22-9-11-23(12-10-22)17-7-2-3-8-18(17)24(26)27/h2-8H,9-13H2,1H3,(H,21,25). The van der Waals surface area contributed by atoms with Crippen molar-refractivity contribution in [1.29, 1.82) is 0 Å². The fourth-order valence-electron chi connectivity index (χ4n) is 3.17. The monoisotopic (exact) mass is 388 g/mol. The lowest BCUT2D eigenvalue weighted by Gasteiger charge is -2.35. The second-order valence-corrected chi connectivity index (χ2v) is 6.88. The maximum Gasteiger partial charge on any atom is 0.292 e. The van der Waals surface area contributed by atoms with Gasteiger partial charge in [-0.1, -0.05) is 29.8 Å². The Labute approximate surface area is 162 Å². The highest BCUT2D eigenvalue weighted by Gasteiger charge is 2.24. The van der Waals surface area contributed by atoms with Gasteiger partial charge in [-0.3, -0.25) is 19.8 Å². The first-order chi connectivity index (χ1) is 13.0. The molecule has 1 N–H and O–H groups in total. The van der Waals surface area contributed by atoms with Gasteiger partial charge in [0.2, 0.25) is 5.91 Å². The molecule has 0 unspecified atom stereocenters. The van der Waals surface area contributed by atoms with E-state index in [0.29, 0.717) is 42.6 Å². The molecule has 0 saturated carbocycles. The number of nitro benzene ring substituents is 1. The third-order valence-electron chi connectivity index (χ3n) is 4.70. The minimum Gasteiger partial charge on any atom is -0.363 e. The minimum atomic E-state index is -0.359. The molecule has 1 fully saturated rings. The predicted octanol–water partition coefficient (Wildman–Crippen LogP) is 3.32. The molecule has 8 heteroatoms. The van der Waals surface area contributed by atoms with E-state index >= 15 is 0 Å². The number of nitrogens with zero attached hydrogens (tertiary/aromatic N) is 3. The van der Waals surface area contributed by atoms with Crippen LogP contribution < -0.4 is 10.2 Å². The van der Waals surface area contributed by atoms with Gasteiger partial charge in [0.1, 0.15) is 5.69 Å². The van der Waals surface area contributed by atoms with E-state index in [0.717, 1.165) is 5.56 Å². The summed E-state index contributed by atoms with van der Waals surface area (Å²) in [4.78, 5) is 27.2. The van der Waals surface area contributed by atoms with Gasteiger partial charge in [0.25, 0.3) is 5.69 Å². The molecule has 142 valence electrons. The Balaban J connectivity index is 1.56. The number of carbonyl (C=O) groups excluding carboxylic acids is 1. The molecular weight excluding hydrogens is 368 g/mol. The van der Waals surface area contributed by atoms with Crippen molar-refractivity contribution in [3.8, 4) is 0 Å². The number of rotatable bonds is 5. The van der Waals surface area contributed by atoms with E-state index in [4.69, 9.17) is 11.6 Å². The lowest BCUT2D eigenvalue weighted by Crippen LogP contribution is -2.48. The topological polar surface area (TPSA) is 78.7 Å². The first-order valence-corrected chi connectivity index (χ1v) is 9.09. The van der Waals surface area contributed by atoms with Crippen LogP contribution in [0.4, 0.5) is 17.1 Å². The summed E-state index contributed by atoms with van der Waals surface area (Å²) in [6.45, 7) is 4.73. The number of hydrogen-bond acceptors (Lipinski definition) is 5. The van der Waals surface area contributed by atoms with Crippen molar-refractivity contribution in [2.45, 2.75) is 6.92 Å². The number of nitro groups is 1. The molecule has 27 heavy (non-hydrogen) atoms. The molecule has 0 bridgehead atoms. The summed E-state index contributed by atoms with van der Waals surface area (Å²) < 4.78 is 0. The van der Waals surface area contributed by atoms with Gasteiger partial charge in [0.15, 0.2) is 0 Å². The Kier molecular flexibility index (Phi) is 5.93. The van der Waals surface area contributed by atoms with E-state index in [-0.39, 0.29) is 23.1 Å². The molecule has 0 aliphatic carbocycles. The van der Waals surface area contributed by atoms with Gasteiger partial charge in [0.05, 0.1) is 11.5 Å². The number of para-hydroxylation sites is 2. The van der Waals surface area contributed by atoms with Crippen LogP contribution in [0.5, 0.6) is 0 Å². The van der Waals surface area contributed by atoms with Crippen molar-refractivity contribution in [3.05, 3.63) is 63.2 Å². The maximum atomic E-state index is 12.3. The molecule has 0 aromatic heterocycles. The fraction of sp³-hybridized carbons (Fsp3) is 0.316. The van der Waals surface area contributed by atoms with Crippen LogP contribution in [0.1, 0.15) is 5.56 Å². The largest absolute Gasteiger partial charge is 0.363 e. The summed E-state index contributed by atoms with van der Waals surface area (Å²) in [7, 11) is 0. The third-order valence-corrected chi connectivity index (χ3v) is 5.11. The van der Waals surface area contributed by atoms with Gasteiger partial charge in [-0.25, -0.2) is 0 Å². The Hall–Kier alpha value is -2.64. The highest BCUT2D eigenvalue weighted by Crippen LogP contribution is 2.28. The Bertz CT molecular complexity index is 851. The predicted molar refractivity (Wildman–Crippen MR) is 107 cm³/mol. The van der Waals surface area contributed by atoms with Crippen molar-refractivity contribution < 1.29 is 9.72 Å². The molecule has 0 atom stereocenters. The summed E-state index contributed by atoms with van der Waals surface area (Å²) in [5, 5.41) is 14.7. The van der Waals surface area contributed by atoms with Crippen molar-refractivity contribution in [2.24, 2.45) is 0 Å². The zero-order valence-electron chi connectivity index (χ0n) is 15.0. The van der Waals surface area contributed by atoms with Gasteiger partial charge in [-0.05, 0) is 30.7 Å². The van der Waals surface area contributed by atoms with Gasteiger partial charge in [0, 0.05) is 43.0 Å². The van der Waals surface area contributed by atoms with Crippen LogP contribution in [0.25, 0.3) is 0 Å². The molecule has 1 aliphatic rings. The van der Waals surface area contributed by atoms with Gasteiger partial charge in [-0.15, -0.1) is 0 Å². The highest BCUT2D eigenvalue weighted by molar-refractivity contribution is 6.31. The van der Waals surface area contributed by atoms with Gasteiger partial charge in [-0.2, -0.15) is 0 Å². The molecular formula is C19H21ClN4O3. The van der Waals surface area contributed by atoms with Crippen molar-refractivity contribution in [2.75, 3.05) is 42.9 Å². The average Bonchev–Trinajstić information content (AvgIpc) is 2.66. The van der Waals surface area contributed by atoms with Gasteiger partial charge < -0.3 is 10.2 Å². The smallest absolute Gasteiger partial charge is 0.292 e. The highest BCUT2D eigenvalue weighted by atomic mass is 35.5.